The van der Waals surface area contributed by atoms with Crippen molar-refractivity contribution in [3.63, 3.8) is 0 Å². The molecule has 0 aliphatic rings. The molecule has 7 nitrogen and oxygen atoms in total. The van der Waals surface area contributed by atoms with Crippen LogP contribution in [0.15, 0.2) is 47.1 Å². The largest absolute Gasteiger partial charge is 0.467 e. The average Bonchev–Trinajstić information content (AvgIpc) is 3.13. The topological polar surface area (TPSA) is 97.6 Å². The van der Waals surface area contributed by atoms with Crippen LogP contribution >= 0.6 is 0 Å². The van der Waals surface area contributed by atoms with Gasteiger partial charge in [-0.05, 0) is 30.7 Å². The number of esters is 1. The van der Waals surface area contributed by atoms with E-state index in [-0.39, 0.29) is 17.8 Å². The molecule has 132 valence electrons. The summed E-state index contributed by atoms with van der Waals surface area (Å²) >= 11 is 0. The first kappa shape index (κ1) is 18.3. The highest BCUT2D eigenvalue weighted by Gasteiger charge is 2.18. The number of ether oxygens (including phenoxy) is 1. The van der Waals surface area contributed by atoms with Gasteiger partial charge in [0.05, 0.1) is 30.7 Å². The van der Waals surface area contributed by atoms with Gasteiger partial charge in [-0.1, -0.05) is 25.5 Å². The number of nitrogens with one attached hydrogen (secondary N) is 2. The Hall–Kier alpha value is -3.09. The number of carbonyl (C=O) groups excluding carboxylic acids is 3. The lowest BCUT2D eigenvalue weighted by molar-refractivity contribution is -0.136. The van der Waals surface area contributed by atoms with Crippen molar-refractivity contribution >= 4 is 23.5 Å². The molecule has 2 rings (SSSR count). The standard InChI is InChI=1S/C18H20N2O5/c1-2-3-10-25-18(23)14-8-4-5-9-15(14)20-17(22)16(21)19-12-13-7-6-11-24-13/h4-9,11H,2-3,10,12H2,1H3,(H,19,21)(H,20,22). The van der Waals surface area contributed by atoms with Gasteiger partial charge >= 0.3 is 17.8 Å². The van der Waals surface area contributed by atoms with Crippen molar-refractivity contribution in [3.8, 4) is 0 Å². The summed E-state index contributed by atoms with van der Waals surface area (Å²) in [6.45, 7) is 2.39. The van der Waals surface area contributed by atoms with E-state index in [9.17, 15) is 14.4 Å². The molecule has 0 aliphatic carbocycles. The number of carbonyl (C=O) groups is 3. The molecule has 0 saturated heterocycles. The number of amides is 2. The molecule has 2 aromatic rings. The Morgan fingerprint density at radius 2 is 1.88 bits per heavy atom. The fourth-order valence-corrected chi connectivity index (χ4v) is 2.00. The van der Waals surface area contributed by atoms with Crippen molar-refractivity contribution in [2.75, 3.05) is 11.9 Å². The van der Waals surface area contributed by atoms with Crippen molar-refractivity contribution in [1.82, 2.24) is 5.32 Å². The van der Waals surface area contributed by atoms with Crippen LogP contribution in [0.5, 0.6) is 0 Å². The molecule has 1 aromatic heterocycles. The SMILES string of the molecule is CCCCOC(=O)c1ccccc1NC(=O)C(=O)NCc1ccco1. The number of hydrogen-bond acceptors (Lipinski definition) is 5. The fraction of sp³-hybridized carbons (Fsp3) is 0.278. The normalized spacial score (nSPS) is 10.1. The van der Waals surface area contributed by atoms with Crippen molar-refractivity contribution in [2.45, 2.75) is 26.3 Å². The maximum Gasteiger partial charge on any atom is 0.340 e. The van der Waals surface area contributed by atoms with Crippen molar-refractivity contribution < 1.29 is 23.5 Å². The van der Waals surface area contributed by atoms with Gasteiger partial charge in [-0.25, -0.2) is 4.79 Å². The second-order valence-corrected chi connectivity index (χ2v) is 5.25. The maximum atomic E-state index is 12.1. The van der Waals surface area contributed by atoms with Gasteiger partial charge < -0.3 is 19.8 Å². The summed E-state index contributed by atoms with van der Waals surface area (Å²) in [7, 11) is 0. The fourth-order valence-electron chi connectivity index (χ4n) is 2.00. The van der Waals surface area contributed by atoms with Crippen LogP contribution in [0.1, 0.15) is 35.9 Å². The lowest BCUT2D eigenvalue weighted by Crippen LogP contribution is -2.35. The monoisotopic (exact) mass is 344 g/mol. The van der Waals surface area contributed by atoms with Crippen molar-refractivity contribution in [2.24, 2.45) is 0 Å². The van der Waals surface area contributed by atoms with E-state index in [0.717, 1.165) is 12.8 Å². The summed E-state index contributed by atoms with van der Waals surface area (Å²) < 4.78 is 10.2. The molecule has 0 atom stereocenters. The molecule has 0 radical (unpaired) electrons. The number of unbranched alkanes of at least 4 members (excludes halogenated alkanes) is 1. The van der Waals surface area contributed by atoms with E-state index < -0.39 is 17.8 Å². The molecule has 25 heavy (non-hydrogen) atoms. The summed E-state index contributed by atoms with van der Waals surface area (Å²) in [4.78, 5) is 35.9. The first-order chi connectivity index (χ1) is 12.1. The molecule has 0 bridgehead atoms. The molecule has 0 saturated carbocycles. The van der Waals surface area contributed by atoms with E-state index in [1.54, 1.807) is 24.3 Å². The smallest absolute Gasteiger partial charge is 0.340 e. The molecule has 1 heterocycles. The molecule has 2 N–H and O–H groups in total. The summed E-state index contributed by atoms with van der Waals surface area (Å²) in [5.41, 5.74) is 0.424. The molecule has 0 aliphatic heterocycles. The molecule has 0 unspecified atom stereocenters. The second kappa shape index (κ2) is 9.27. The Labute approximate surface area is 145 Å². The van der Waals surface area contributed by atoms with E-state index in [0.29, 0.717) is 12.4 Å². The van der Waals surface area contributed by atoms with Gasteiger partial charge in [-0.2, -0.15) is 0 Å². The molecule has 0 spiro atoms. The Morgan fingerprint density at radius 1 is 1.08 bits per heavy atom. The van der Waals surface area contributed by atoms with Crippen molar-refractivity contribution in [1.29, 1.82) is 0 Å². The minimum atomic E-state index is -0.875. The Bertz CT molecular complexity index is 725. The number of furan rings is 1. The van der Waals surface area contributed by atoms with E-state index in [1.807, 2.05) is 6.92 Å². The Morgan fingerprint density at radius 3 is 2.60 bits per heavy atom. The zero-order chi connectivity index (χ0) is 18.1. The van der Waals surface area contributed by atoms with Gasteiger partial charge in [0.15, 0.2) is 0 Å². The first-order valence-electron chi connectivity index (χ1n) is 7.99. The van der Waals surface area contributed by atoms with Crippen LogP contribution in [-0.2, 0) is 20.9 Å². The van der Waals surface area contributed by atoms with Crippen LogP contribution in [0.3, 0.4) is 0 Å². The van der Waals surface area contributed by atoms with Crippen LogP contribution in [0, 0.1) is 0 Å². The second-order valence-electron chi connectivity index (χ2n) is 5.25. The van der Waals surface area contributed by atoms with Gasteiger partial charge in [-0.3, -0.25) is 9.59 Å². The van der Waals surface area contributed by atoms with Crippen LogP contribution in [-0.4, -0.2) is 24.4 Å². The predicted molar refractivity (Wildman–Crippen MR) is 90.8 cm³/mol. The van der Waals surface area contributed by atoms with E-state index in [4.69, 9.17) is 9.15 Å². The number of anilines is 1. The zero-order valence-electron chi connectivity index (χ0n) is 13.9. The predicted octanol–water partition coefficient (Wildman–Crippen LogP) is 2.49. The third-order valence-electron chi connectivity index (χ3n) is 3.34. The summed E-state index contributed by atoms with van der Waals surface area (Å²) in [5.74, 6) is -1.72. The Kier molecular flexibility index (Phi) is 6.76. The van der Waals surface area contributed by atoms with Crippen LogP contribution in [0.2, 0.25) is 0 Å². The minimum absolute atomic E-state index is 0.0972. The third kappa shape index (κ3) is 5.49. The number of hydrogen-bond donors (Lipinski definition) is 2. The van der Waals surface area contributed by atoms with Gasteiger partial charge in [0.1, 0.15) is 5.76 Å². The van der Waals surface area contributed by atoms with E-state index in [2.05, 4.69) is 10.6 Å². The maximum absolute atomic E-state index is 12.1. The molecular weight excluding hydrogens is 324 g/mol. The van der Waals surface area contributed by atoms with Crippen LogP contribution in [0.4, 0.5) is 5.69 Å². The molecule has 0 fully saturated rings. The Balaban J connectivity index is 1.95. The van der Waals surface area contributed by atoms with Gasteiger partial charge in [-0.15, -0.1) is 0 Å². The average molecular weight is 344 g/mol. The zero-order valence-corrected chi connectivity index (χ0v) is 13.9. The summed E-state index contributed by atoms with van der Waals surface area (Å²) in [6, 6.07) is 9.74. The van der Waals surface area contributed by atoms with Crippen LogP contribution < -0.4 is 10.6 Å². The number of benzene rings is 1. The highest BCUT2D eigenvalue weighted by atomic mass is 16.5. The summed E-state index contributed by atoms with van der Waals surface area (Å²) in [6.07, 6.45) is 3.14. The first-order valence-corrected chi connectivity index (χ1v) is 7.99. The lowest BCUT2D eigenvalue weighted by Gasteiger charge is -2.10. The highest BCUT2D eigenvalue weighted by molar-refractivity contribution is 6.39. The molecule has 1 aromatic carbocycles. The molecule has 2 amide bonds. The number of para-hydroxylation sites is 1. The van der Waals surface area contributed by atoms with E-state index in [1.165, 1.54) is 18.4 Å². The quantitative estimate of drug-likeness (QED) is 0.457. The lowest BCUT2D eigenvalue weighted by atomic mass is 10.1. The van der Waals surface area contributed by atoms with E-state index >= 15 is 0 Å². The third-order valence-corrected chi connectivity index (χ3v) is 3.34. The highest BCUT2D eigenvalue weighted by Crippen LogP contribution is 2.16. The van der Waals surface area contributed by atoms with Gasteiger partial charge in [0.2, 0.25) is 0 Å². The van der Waals surface area contributed by atoms with Crippen LogP contribution in [0.25, 0.3) is 0 Å². The van der Waals surface area contributed by atoms with Gasteiger partial charge in [0, 0.05) is 0 Å². The van der Waals surface area contributed by atoms with Crippen molar-refractivity contribution in [3.05, 3.63) is 54.0 Å². The van der Waals surface area contributed by atoms with Gasteiger partial charge in [0.25, 0.3) is 0 Å². The molecule has 7 heteroatoms. The summed E-state index contributed by atoms with van der Waals surface area (Å²) in [5, 5.41) is 4.86. The number of rotatable bonds is 7. The molecular formula is C18H20N2O5. The minimum Gasteiger partial charge on any atom is -0.467 e.